The zero-order valence-electron chi connectivity index (χ0n) is 18.1. The first kappa shape index (κ1) is 20.9. The highest BCUT2D eigenvalue weighted by atomic mass is 32.2. The van der Waals surface area contributed by atoms with Crippen molar-refractivity contribution < 1.29 is 9.47 Å². The number of aryl methyl sites for hydroxylation is 1. The molecule has 9 nitrogen and oxygen atoms in total. The van der Waals surface area contributed by atoms with Crippen molar-refractivity contribution >= 4 is 17.5 Å². The zero-order valence-corrected chi connectivity index (χ0v) is 18.9. The number of hydrogen-bond acceptors (Lipinski definition) is 8. The van der Waals surface area contributed by atoms with Crippen LogP contribution < -0.4 is 4.74 Å². The molecule has 3 aromatic heterocycles. The SMILES string of the molecule is CSc1nc2nc(C)cc(OCC3CN(Cc4ccc(-n5ccnc5)cc4)CCO3)n2n1. The van der Waals surface area contributed by atoms with Crippen molar-refractivity contribution in [3.8, 4) is 11.6 Å². The molecule has 1 fully saturated rings. The molecule has 5 rings (SSSR count). The van der Waals surface area contributed by atoms with E-state index in [1.54, 1.807) is 17.0 Å². The molecule has 4 heterocycles. The molecule has 1 aliphatic rings. The fourth-order valence-electron chi connectivity index (χ4n) is 3.77. The van der Waals surface area contributed by atoms with Gasteiger partial charge >= 0.3 is 0 Å². The normalized spacial score (nSPS) is 17.1. The van der Waals surface area contributed by atoms with Gasteiger partial charge in [-0.25, -0.2) is 9.97 Å². The van der Waals surface area contributed by atoms with Gasteiger partial charge in [0.25, 0.3) is 5.78 Å². The minimum atomic E-state index is -0.0129. The number of aromatic nitrogens is 6. The van der Waals surface area contributed by atoms with Gasteiger partial charge in [0.2, 0.25) is 11.0 Å². The van der Waals surface area contributed by atoms with Crippen LogP contribution in [0.4, 0.5) is 0 Å². The summed E-state index contributed by atoms with van der Waals surface area (Å²) in [6.45, 7) is 5.65. The van der Waals surface area contributed by atoms with Crippen molar-refractivity contribution in [2.75, 3.05) is 32.6 Å². The van der Waals surface area contributed by atoms with Crippen molar-refractivity contribution in [2.45, 2.75) is 24.7 Å². The van der Waals surface area contributed by atoms with Gasteiger partial charge in [-0.05, 0) is 30.9 Å². The van der Waals surface area contributed by atoms with Gasteiger partial charge in [-0.15, -0.1) is 5.10 Å². The first-order chi connectivity index (χ1) is 15.7. The second-order valence-corrected chi connectivity index (χ2v) is 8.49. The second-order valence-electron chi connectivity index (χ2n) is 7.72. The average Bonchev–Trinajstić information content (AvgIpc) is 3.48. The number of thioether (sulfide) groups is 1. The summed E-state index contributed by atoms with van der Waals surface area (Å²) < 4.78 is 15.7. The molecule has 0 amide bonds. The largest absolute Gasteiger partial charge is 0.475 e. The van der Waals surface area contributed by atoms with Crippen LogP contribution in [-0.4, -0.2) is 72.7 Å². The summed E-state index contributed by atoms with van der Waals surface area (Å²) in [6.07, 6.45) is 7.47. The minimum Gasteiger partial charge on any atom is -0.475 e. The molecular formula is C22H25N7O2S. The Hall–Kier alpha value is -2.95. The smallest absolute Gasteiger partial charge is 0.256 e. The number of nitrogens with zero attached hydrogens (tertiary/aromatic N) is 7. The van der Waals surface area contributed by atoms with Crippen molar-refractivity contribution in [2.24, 2.45) is 0 Å². The van der Waals surface area contributed by atoms with Crippen molar-refractivity contribution in [3.05, 3.63) is 60.3 Å². The molecule has 1 atom stereocenters. The van der Waals surface area contributed by atoms with Gasteiger partial charge in [0.05, 0.1) is 12.9 Å². The Morgan fingerprint density at radius 1 is 1.22 bits per heavy atom. The van der Waals surface area contributed by atoms with Crippen LogP contribution in [0, 0.1) is 6.92 Å². The van der Waals surface area contributed by atoms with E-state index in [0.29, 0.717) is 30.0 Å². The second kappa shape index (κ2) is 9.27. The highest BCUT2D eigenvalue weighted by molar-refractivity contribution is 7.98. The standard InChI is InChI=1S/C22H25N7O2S/c1-16-11-20(29-21(24-16)25-22(26-29)32-2)31-14-19-13-27(9-10-30-19)12-17-3-5-18(6-4-17)28-8-7-23-15-28/h3-8,11,15,19H,9-10,12-14H2,1-2H3. The number of ether oxygens (including phenoxy) is 2. The Labute approximate surface area is 190 Å². The predicted octanol–water partition coefficient (Wildman–Crippen LogP) is 2.62. The lowest BCUT2D eigenvalue weighted by molar-refractivity contribution is -0.0513. The van der Waals surface area contributed by atoms with E-state index >= 15 is 0 Å². The average molecular weight is 452 g/mol. The highest BCUT2D eigenvalue weighted by Gasteiger charge is 2.22. The summed E-state index contributed by atoms with van der Waals surface area (Å²) in [5.41, 5.74) is 3.23. The van der Waals surface area contributed by atoms with E-state index in [1.807, 2.05) is 30.0 Å². The fourth-order valence-corrected chi connectivity index (χ4v) is 4.11. The maximum Gasteiger partial charge on any atom is 0.256 e. The molecule has 1 aliphatic heterocycles. The minimum absolute atomic E-state index is 0.0129. The summed E-state index contributed by atoms with van der Waals surface area (Å²) in [6, 6.07) is 10.5. The number of rotatable bonds is 7. The summed E-state index contributed by atoms with van der Waals surface area (Å²) in [5, 5.41) is 5.13. The molecule has 0 saturated carbocycles. The van der Waals surface area contributed by atoms with Gasteiger partial charge in [0.1, 0.15) is 12.7 Å². The number of benzene rings is 1. The van der Waals surface area contributed by atoms with Crippen LogP contribution in [0.25, 0.3) is 11.5 Å². The van der Waals surface area contributed by atoms with E-state index < -0.39 is 0 Å². The molecule has 0 aliphatic carbocycles. The Balaban J connectivity index is 1.20. The molecule has 1 saturated heterocycles. The first-order valence-corrected chi connectivity index (χ1v) is 11.7. The molecule has 4 aromatic rings. The zero-order chi connectivity index (χ0) is 21.9. The van der Waals surface area contributed by atoms with E-state index in [1.165, 1.54) is 17.3 Å². The van der Waals surface area contributed by atoms with Crippen LogP contribution in [0.1, 0.15) is 11.3 Å². The summed E-state index contributed by atoms with van der Waals surface area (Å²) in [7, 11) is 0. The number of fused-ring (bicyclic) bond motifs is 1. The van der Waals surface area contributed by atoms with Gasteiger partial charge in [0, 0.05) is 49.5 Å². The summed E-state index contributed by atoms with van der Waals surface area (Å²) in [4.78, 5) is 15.3. The lowest BCUT2D eigenvalue weighted by Gasteiger charge is -2.32. The molecule has 0 N–H and O–H groups in total. The molecule has 0 radical (unpaired) electrons. The van der Waals surface area contributed by atoms with Crippen LogP contribution in [0.3, 0.4) is 0 Å². The van der Waals surface area contributed by atoms with E-state index in [2.05, 4.69) is 49.2 Å². The van der Waals surface area contributed by atoms with Crippen LogP contribution in [0.2, 0.25) is 0 Å². The highest BCUT2D eigenvalue weighted by Crippen LogP contribution is 2.19. The van der Waals surface area contributed by atoms with E-state index in [-0.39, 0.29) is 6.10 Å². The van der Waals surface area contributed by atoms with Crippen LogP contribution in [0.15, 0.2) is 54.2 Å². The van der Waals surface area contributed by atoms with Gasteiger partial charge in [-0.3, -0.25) is 4.90 Å². The molecule has 0 bridgehead atoms. The third-order valence-electron chi connectivity index (χ3n) is 5.36. The molecular weight excluding hydrogens is 426 g/mol. The summed E-state index contributed by atoms with van der Waals surface area (Å²) >= 11 is 1.48. The quantitative estimate of drug-likeness (QED) is 0.397. The Morgan fingerprint density at radius 2 is 2.09 bits per heavy atom. The Kier molecular flexibility index (Phi) is 6.06. The maximum atomic E-state index is 6.10. The van der Waals surface area contributed by atoms with Crippen molar-refractivity contribution in [1.29, 1.82) is 0 Å². The van der Waals surface area contributed by atoms with E-state index in [4.69, 9.17) is 9.47 Å². The van der Waals surface area contributed by atoms with Crippen LogP contribution >= 0.6 is 11.8 Å². The molecule has 1 aromatic carbocycles. The van der Waals surface area contributed by atoms with Gasteiger partial charge < -0.3 is 14.0 Å². The molecule has 32 heavy (non-hydrogen) atoms. The molecule has 166 valence electrons. The topological polar surface area (TPSA) is 82.6 Å². The predicted molar refractivity (Wildman–Crippen MR) is 121 cm³/mol. The number of hydrogen-bond donors (Lipinski definition) is 0. The fraction of sp³-hybridized carbons (Fsp3) is 0.364. The molecule has 1 unspecified atom stereocenters. The number of morpholine rings is 1. The first-order valence-electron chi connectivity index (χ1n) is 10.5. The van der Waals surface area contributed by atoms with E-state index in [9.17, 15) is 0 Å². The van der Waals surface area contributed by atoms with Crippen molar-refractivity contribution in [1.82, 2.24) is 34.0 Å². The lowest BCUT2D eigenvalue weighted by Crippen LogP contribution is -2.44. The lowest BCUT2D eigenvalue weighted by atomic mass is 10.1. The van der Waals surface area contributed by atoms with Crippen LogP contribution in [0.5, 0.6) is 5.88 Å². The molecule has 10 heteroatoms. The van der Waals surface area contributed by atoms with E-state index in [0.717, 1.165) is 31.0 Å². The van der Waals surface area contributed by atoms with Crippen LogP contribution in [-0.2, 0) is 11.3 Å². The van der Waals surface area contributed by atoms with Crippen molar-refractivity contribution in [3.63, 3.8) is 0 Å². The molecule has 0 spiro atoms. The van der Waals surface area contributed by atoms with Gasteiger partial charge in [0.15, 0.2) is 0 Å². The monoisotopic (exact) mass is 451 g/mol. The van der Waals surface area contributed by atoms with Gasteiger partial charge in [-0.1, -0.05) is 23.9 Å². The Morgan fingerprint density at radius 3 is 2.88 bits per heavy atom. The Bertz CT molecular complexity index is 1180. The van der Waals surface area contributed by atoms with Gasteiger partial charge in [-0.2, -0.15) is 9.50 Å². The third kappa shape index (κ3) is 4.62. The third-order valence-corrected chi connectivity index (χ3v) is 5.89. The number of imidazole rings is 1. The summed E-state index contributed by atoms with van der Waals surface area (Å²) in [5.74, 6) is 1.19. The maximum absolute atomic E-state index is 6.10.